The smallest absolute Gasteiger partial charge is 0.192 e. The fraction of sp³-hybridized carbons (Fsp3) is 0.943. The predicted octanol–water partition coefficient (Wildman–Crippen LogP) is 1.62. The van der Waals surface area contributed by atoms with Crippen molar-refractivity contribution in [1.29, 1.82) is 0 Å². The molecule has 18 atom stereocenters. The standard InChI is InChI=1S/C35H58O11/c1-17(21-9-10-22-20-8-7-18-13-19(37)14-26(38)34(18,4)23(20)11-12-32(21,22)2)24-15-33(3,43-6)35(5,42)31(45-24)46-30-29(41)28(40)27(39)25(16-36)44-30/h7,17,19-31,36-42H,8-16H2,1-6H3/t17-,19+,20-,21+,22+,23-,24+,25+,26-,27+,28-,29+,30-,31-,32+,33+,34-,35+/m0/s1. The van der Waals surface area contributed by atoms with Crippen molar-refractivity contribution in [3.8, 4) is 0 Å². The van der Waals surface area contributed by atoms with Crippen LogP contribution in [0.2, 0.25) is 0 Å². The number of allylic oxidation sites excluding steroid dienone is 1. The summed E-state index contributed by atoms with van der Waals surface area (Å²) >= 11 is 0. The van der Waals surface area contributed by atoms with Gasteiger partial charge >= 0.3 is 0 Å². The third-order valence-electron chi connectivity index (χ3n) is 14.4. The second-order valence-electron chi connectivity index (χ2n) is 16.4. The summed E-state index contributed by atoms with van der Waals surface area (Å²) in [5.74, 6) is 1.75. The summed E-state index contributed by atoms with van der Waals surface area (Å²) in [6, 6.07) is 0. The van der Waals surface area contributed by atoms with Gasteiger partial charge in [0.2, 0.25) is 0 Å². The highest BCUT2D eigenvalue weighted by Crippen LogP contribution is 2.67. The number of methoxy groups -OCH3 is 1. The Labute approximate surface area is 272 Å². The van der Waals surface area contributed by atoms with E-state index in [4.69, 9.17) is 18.9 Å². The van der Waals surface area contributed by atoms with Gasteiger partial charge in [-0.1, -0.05) is 32.4 Å². The largest absolute Gasteiger partial charge is 0.394 e. The van der Waals surface area contributed by atoms with Crippen molar-refractivity contribution in [2.24, 2.45) is 40.4 Å². The first kappa shape index (κ1) is 35.1. The Hall–Kier alpha value is -0.700. The molecule has 4 aliphatic carbocycles. The SMILES string of the molecule is CO[C@]1(C)C[C@H]([C@@H](C)[C@H]2CC[C@@H]3[C@@H]4CC=C5C[C@@H](O)C[C@H](O)[C@]5(C)[C@H]4CC[C@]23C)O[C@@H](O[C@@H]2O[C@H](CO)[C@@H](O)[C@H](O)[C@H]2O)[C@@]1(C)O. The van der Waals surface area contributed by atoms with Crippen LogP contribution in [0.3, 0.4) is 0 Å². The first-order chi connectivity index (χ1) is 21.5. The molecule has 0 radical (unpaired) electrons. The summed E-state index contributed by atoms with van der Waals surface area (Å²) in [5, 5.41) is 74.5. The van der Waals surface area contributed by atoms with E-state index in [-0.39, 0.29) is 22.9 Å². The normalized spacial score (nSPS) is 56.4. The Morgan fingerprint density at radius 1 is 0.957 bits per heavy atom. The molecule has 3 saturated carbocycles. The average Bonchev–Trinajstić information content (AvgIpc) is 3.37. The van der Waals surface area contributed by atoms with E-state index in [1.165, 1.54) is 5.57 Å². The maximum absolute atomic E-state index is 11.8. The second kappa shape index (κ2) is 12.3. The summed E-state index contributed by atoms with van der Waals surface area (Å²) in [5.41, 5.74) is -1.76. The first-order valence-electron chi connectivity index (χ1n) is 17.5. The van der Waals surface area contributed by atoms with Crippen LogP contribution >= 0.6 is 0 Å². The molecule has 6 rings (SSSR count). The molecule has 2 heterocycles. The molecule has 7 N–H and O–H groups in total. The van der Waals surface area contributed by atoms with Crippen molar-refractivity contribution in [2.75, 3.05) is 13.7 Å². The van der Waals surface area contributed by atoms with Gasteiger partial charge in [-0.15, -0.1) is 0 Å². The van der Waals surface area contributed by atoms with Crippen LogP contribution in [-0.4, -0.2) is 116 Å². The number of hydrogen-bond donors (Lipinski definition) is 7. The van der Waals surface area contributed by atoms with E-state index in [0.717, 1.165) is 32.1 Å². The highest BCUT2D eigenvalue weighted by atomic mass is 16.8. The summed E-state index contributed by atoms with van der Waals surface area (Å²) < 4.78 is 24.2. The van der Waals surface area contributed by atoms with Crippen LogP contribution in [0, 0.1) is 40.4 Å². The number of hydrogen-bond acceptors (Lipinski definition) is 11. The maximum atomic E-state index is 11.8. The predicted molar refractivity (Wildman–Crippen MR) is 166 cm³/mol. The first-order valence-corrected chi connectivity index (χ1v) is 17.5. The molecule has 2 aliphatic heterocycles. The van der Waals surface area contributed by atoms with Crippen molar-refractivity contribution >= 4 is 0 Å². The zero-order valence-electron chi connectivity index (χ0n) is 28.3. The van der Waals surface area contributed by atoms with Gasteiger partial charge in [-0.25, -0.2) is 0 Å². The average molecular weight is 655 g/mol. The molecule has 46 heavy (non-hydrogen) atoms. The van der Waals surface area contributed by atoms with Crippen LogP contribution in [0.25, 0.3) is 0 Å². The van der Waals surface area contributed by atoms with E-state index in [1.807, 2.05) is 6.92 Å². The van der Waals surface area contributed by atoms with Crippen molar-refractivity contribution in [3.63, 3.8) is 0 Å². The molecule has 0 unspecified atom stereocenters. The minimum absolute atomic E-state index is 0.0574. The summed E-state index contributed by atoms with van der Waals surface area (Å²) in [6.07, 6.45) is -1.05. The van der Waals surface area contributed by atoms with Crippen LogP contribution in [0.4, 0.5) is 0 Å². The molecule has 0 spiro atoms. The van der Waals surface area contributed by atoms with Gasteiger partial charge in [0.1, 0.15) is 35.6 Å². The number of fused-ring (bicyclic) bond motifs is 5. The summed E-state index contributed by atoms with van der Waals surface area (Å²) in [6.45, 7) is 9.66. The van der Waals surface area contributed by atoms with Gasteiger partial charge in [-0.05, 0) is 87.4 Å². The van der Waals surface area contributed by atoms with Crippen molar-refractivity contribution in [2.45, 2.75) is 152 Å². The lowest BCUT2D eigenvalue weighted by Crippen LogP contribution is -2.69. The lowest BCUT2D eigenvalue weighted by molar-refractivity contribution is -0.400. The number of rotatable bonds is 6. The Balaban J connectivity index is 1.23. The summed E-state index contributed by atoms with van der Waals surface area (Å²) in [4.78, 5) is 0. The molecular weight excluding hydrogens is 596 g/mol. The van der Waals surface area contributed by atoms with Gasteiger partial charge in [-0.3, -0.25) is 0 Å². The van der Waals surface area contributed by atoms with Crippen LogP contribution in [0.15, 0.2) is 11.6 Å². The fourth-order valence-electron chi connectivity index (χ4n) is 11.1. The number of ether oxygens (including phenoxy) is 4. The molecule has 5 fully saturated rings. The van der Waals surface area contributed by atoms with E-state index in [9.17, 15) is 35.7 Å². The highest BCUT2D eigenvalue weighted by Gasteiger charge is 2.64. The molecule has 0 aromatic heterocycles. The highest BCUT2D eigenvalue weighted by molar-refractivity contribution is 5.27. The quantitative estimate of drug-likeness (QED) is 0.207. The van der Waals surface area contributed by atoms with Gasteiger partial charge in [0.05, 0.1) is 24.9 Å². The van der Waals surface area contributed by atoms with E-state index in [0.29, 0.717) is 42.9 Å². The van der Waals surface area contributed by atoms with Crippen molar-refractivity contribution < 1.29 is 54.7 Å². The molecule has 0 bridgehead atoms. The molecule has 0 aromatic carbocycles. The van der Waals surface area contributed by atoms with Crippen LogP contribution in [0.5, 0.6) is 0 Å². The Morgan fingerprint density at radius 3 is 2.35 bits per heavy atom. The number of aliphatic hydroxyl groups is 7. The van der Waals surface area contributed by atoms with E-state index < -0.39 is 67.0 Å². The lowest BCUT2D eigenvalue weighted by atomic mass is 9.46. The van der Waals surface area contributed by atoms with Crippen molar-refractivity contribution in [3.05, 3.63) is 11.6 Å². The number of aliphatic hydroxyl groups excluding tert-OH is 6. The van der Waals surface area contributed by atoms with Gasteiger partial charge in [0, 0.05) is 25.4 Å². The van der Waals surface area contributed by atoms with E-state index in [2.05, 4.69) is 26.8 Å². The zero-order chi connectivity index (χ0) is 33.6. The van der Waals surface area contributed by atoms with Crippen molar-refractivity contribution in [1.82, 2.24) is 0 Å². The second-order valence-corrected chi connectivity index (χ2v) is 16.4. The van der Waals surface area contributed by atoms with E-state index in [1.54, 1.807) is 14.0 Å². The minimum atomic E-state index is -1.67. The minimum Gasteiger partial charge on any atom is -0.394 e. The fourth-order valence-corrected chi connectivity index (χ4v) is 11.1. The Bertz CT molecular complexity index is 1150. The molecule has 2 saturated heterocycles. The zero-order valence-corrected chi connectivity index (χ0v) is 28.3. The van der Waals surface area contributed by atoms with Gasteiger partial charge in [-0.2, -0.15) is 0 Å². The van der Waals surface area contributed by atoms with Gasteiger partial charge in [0.15, 0.2) is 12.6 Å². The van der Waals surface area contributed by atoms with Crippen LogP contribution in [0.1, 0.15) is 86.0 Å². The monoisotopic (exact) mass is 654 g/mol. The topological polar surface area (TPSA) is 179 Å². The third kappa shape index (κ3) is 5.18. The molecule has 11 heteroatoms. The van der Waals surface area contributed by atoms with Crippen LogP contribution in [-0.2, 0) is 18.9 Å². The molecule has 0 aromatic rings. The Morgan fingerprint density at radius 2 is 1.67 bits per heavy atom. The molecule has 264 valence electrons. The molecule has 6 aliphatic rings. The lowest BCUT2D eigenvalue weighted by Gasteiger charge is -2.60. The Kier molecular flexibility index (Phi) is 9.37. The van der Waals surface area contributed by atoms with E-state index >= 15 is 0 Å². The van der Waals surface area contributed by atoms with Gasteiger partial charge < -0.3 is 54.7 Å². The molecule has 0 amide bonds. The van der Waals surface area contributed by atoms with Crippen LogP contribution < -0.4 is 0 Å². The molecular formula is C35H58O11. The van der Waals surface area contributed by atoms with Gasteiger partial charge in [0.25, 0.3) is 0 Å². The third-order valence-corrected chi connectivity index (χ3v) is 14.4. The molecule has 11 nitrogen and oxygen atoms in total. The summed E-state index contributed by atoms with van der Waals surface area (Å²) in [7, 11) is 1.55. The maximum Gasteiger partial charge on any atom is 0.192 e.